The van der Waals surface area contributed by atoms with Crippen LogP contribution in [-0.4, -0.2) is 32.8 Å². The molecule has 1 aliphatic carbocycles. The summed E-state index contributed by atoms with van der Waals surface area (Å²) in [5.41, 5.74) is 1.57. The number of hydrogen-bond donors (Lipinski definition) is 2. The minimum Gasteiger partial charge on any atom is -0.481 e. The number of carboxylic acids is 1. The second kappa shape index (κ2) is 7.06. The molecule has 1 saturated carbocycles. The number of amides is 1. The number of rotatable bonds is 4. The van der Waals surface area contributed by atoms with Crippen LogP contribution in [0.1, 0.15) is 35.4 Å². The largest absolute Gasteiger partial charge is 0.481 e. The maximum absolute atomic E-state index is 12.5. The van der Waals surface area contributed by atoms with Gasteiger partial charge in [0, 0.05) is 16.8 Å². The molecule has 8 heteroatoms. The number of aliphatic carboxylic acids is 1. The van der Waals surface area contributed by atoms with Crippen molar-refractivity contribution in [3.8, 4) is 5.69 Å². The first-order chi connectivity index (χ1) is 11.9. The molecule has 0 unspecified atom stereocenters. The molecule has 1 amide bonds. The van der Waals surface area contributed by atoms with E-state index in [1.807, 2.05) is 6.92 Å². The van der Waals surface area contributed by atoms with E-state index in [1.54, 1.807) is 28.9 Å². The molecule has 2 N–H and O–H groups in total. The van der Waals surface area contributed by atoms with Crippen molar-refractivity contribution in [1.82, 2.24) is 15.1 Å². The molecule has 0 spiro atoms. The van der Waals surface area contributed by atoms with E-state index >= 15 is 0 Å². The summed E-state index contributed by atoms with van der Waals surface area (Å²) in [6.07, 6.45) is 2.02. The predicted octanol–water partition coefficient (Wildman–Crippen LogP) is 3.47. The van der Waals surface area contributed by atoms with Crippen molar-refractivity contribution >= 4 is 35.1 Å². The van der Waals surface area contributed by atoms with Crippen LogP contribution in [0.3, 0.4) is 0 Å². The van der Waals surface area contributed by atoms with Gasteiger partial charge in [0.25, 0.3) is 5.91 Å². The van der Waals surface area contributed by atoms with E-state index in [9.17, 15) is 14.7 Å². The monoisotopic (exact) mass is 381 g/mol. The van der Waals surface area contributed by atoms with Crippen molar-refractivity contribution in [2.45, 2.75) is 32.2 Å². The highest BCUT2D eigenvalue weighted by Gasteiger charge is 2.34. The van der Waals surface area contributed by atoms with Gasteiger partial charge in [0.2, 0.25) is 0 Å². The minimum atomic E-state index is -0.877. The van der Waals surface area contributed by atoms with E-state index in [2.05, 4.69) is 10.4 Å². The molecule has 132 valence electrons. The van der Waals surface area contributed by atoms with Gasteiger partial charge in [-0.1, -0.05) is 29.6 Å². The molecular weight excluding hydrogens is 365 g/mol. The highest BCUT2D eigenvalue weighted by molar-refractivity contribution is 6.35. The van der Waals surface area contributed by atoms with E-state index in [1.165, 1.54) is 0 Å². The van der Waals surface area contributed by atoms with E-state index < -0.39 is 11.9 Å². The SMILES string of the molecule is Cc1cc(C(=O)N[C@@H]2CCC[C@@H]2C(=O)O)nn1-c1ccc(Cl)cc1Cl. The predicted molar refractivity (Wildman–Crippen MR) is 94.6 cm³/mol. The molecule has 1 aromatic carbocycles. The molecule has 1 aliphatic rings. The fourth-order valence-corrected chi connectivity index (χ4v) is 3.64. The number of aryl methyl sites for hydroxylation is 1. The molecule has 1 heterocycles. The summed E-state index contributed by atoms with van der Waals surface area (Å²) >= 11 is 12.1. The summed E-state index contributed by atoms with van der Waals surface area (Å²) in [7, 11) is 0. The topological polar surface area (TPSA) is 84.2 Å². The van der Waals surface area contributed by atoms with Crippen LogP contribution in [0, 0.1) is 12.8 Å². The second-order valence-electron chi connectivity index (χ2n) is 6.13. The van der Waals surface area contributed by atoms with Crippen LogP contribution in [0.4, 0.5) is 0 Å². The standard InChI is InChI=1S/C17H17Cl2N3O3/c1-9-7-14(16(23)20-13-4-2-3-11(13)17(24)25)21-22(9)15-6-5-10(18)8-12(15)19/h5-8,11,13H,2-4H2,1H3,(H,20,23)(H,24,25)/t11-,13+/m0/s1. The number of carbonyl (C=O) groups excluding carboxylic acids is 1. The molecular formula is C17H17Cl2N3O3. The lowest BCUT2D eigenvalue weighted by Crippen LogP contribution is -2.40. The van der Waals surface area contributed by atoms with Crippen LogP contribution in [0.2, 0.25) is 10.0 Å². The molecule has 3 rings (SSSR count). The Kier molecular flexibility index (Phi) is 5.01. The minimum absolute atomic E-state index is 0.222. The summed E-state index contributed by atoms with van der Waals surface area (Å²) in [5.74, 6) is -1.81. The van der Waals surface area contributed by atoms with Crippen LogP contribution in [0.15, 0.2) is 24.3 Å². The van der Waals surface area contributed by atoms with Gasteiger partial charge in [0.1, 0.15) is 0 Å². The molecule has 0 saturated heterocycles. The summed E-state index contributed by atoms with van der Waals surface area (Å²) in [6, 6.07) is 6.30. The smallest absolute Gasteiger partial charge is 0.308 e. The fraction of sp³-hybridized carbons (Fsp3) is 0.353. The van der Waals surface area contributed by atoms with E-state index in [0.29, 0.717) is 28.6 Å². The number of hydrogen-bond acceptors (Lipinski definition) is 3. The van der Waals surface area contributed by atoms with Gasteiger partial charge >= 0.3 is 5.97 Å². The average molecular weight is 382 g/mol. The van der Waals surface area contributed by atoms with Crippen molar-refractivity contribution in [2.75, 3.05) is 0 Å². The molecule has 25 heavy (non-hydrogen) atoms. The lowest BCUT2D eigenvalue weighted by Gasteiger charge is -2.16. The van der Waals surface area contributed by atoms with E-state index in [4.69, 9.17) is 23.2 Å². The first-order valence-electron chi connectivity index (χ1n) is 7.92. The van der Waals surface area contributed by atoms with E-state index in [-0.39, 0.29) is 17.6 Å². The Labute approximate surface area is 154 Å². The van der Waals surface area contributed by atoms with Crippen molar-refractivity contribution in [1.29, 1.82) is 0 Å². The first kappa shape index (κ1) is 17.8. The quantitative estimate of drug-likeness (QED) is 0.848. The number of aromatic nitrogens is 2. The summed E-state index contributed by atoms with van der Waals surface area (Å²) in [6.45, 7) is 1.81. The van der Waals surface area contributed by atoms with Crippen molar-refractivity contribution in [2.24, 2.45) is 5.92 Å². The number of carboxylic acid groups (broad SMARTS) is 1. The highest BCUT2D eigenvalue weighted by atomic mass is 35.5. The molecule has 6 nitrogen and oxygen atoms in total. The summed E-state index contributed by atoms with van der Waals surface area (Å²) in [5, 5.41) is 17.3. The maximum Gasteiger partial charge on any atom is 0.308 e. The normalized spacial score (nSPS) is 19.8. The van der Waals surface area contributed by atoms with Gasteiger partial charge in [-0.05, 0) is 44.0 Å². The van der Waals surface area contributed by atoms with Crippen LogP contribution in [0.5, 0.6) is 0 Å². The van der Waals surface area contributed by atoms with Crippen molar-refractivity contribution in [3.05, 3.63) is 45.7 Å². The van der Waals surface area contributed by atoms with Crippen LogP contribution < -0.4 is 5.32 Å². The third kappa shape index (κ3) is 3.65. The lowest BCUT2D eigenvalue weighted by atomic mass is 10.0. The van der Waals surface area contributed by atoms with Gasteiger partial charge in [-0.25, -0.2) is 4.68 Å². The number of nitrogens with zero attached hydrogens (tertiary/aromatic N) is 2. The van der Waals surface area contributed by atoms with Crippen LogP contribution in [-0.2, 0) is 4.79 Å². The van der Waals surface area contributed by atoms with Gasteiger partial charge in [0.05, 0.1) is 16.6 Å². The summed E-state index contributed by atoms with van der Waals surface area (Å²) < 4.78 is 1.57. The first-order valence-corrected chi connectivity index (χ1v) is 8.68. The molecule has 0 radical (unpaired) electrons. The fourth-order valence-electron chi connectivity index (χ4n) is 3.15. The van der Waals surface area contributed by atoms with Gasteiger partial charge in [-0.3, -0.25) is 9.59 Å². The summed E-state index contributed by atoms with van der Waals surface area (Å²) in [4.78, 5) is 23.7. The number of benzene rings is 1. The zero-order valence-corrected chi connectivity index (χ0v) is 15.0. The van der Waals surface area contributed by atoms with E-state index in [0.717, 1.165) is 12.1 Å². The second-order valence-corrected chi connectivity index (χ2v) is 6.98. The molecule has 2 atom stereocenters. The molecule has 1 fully saturated rings. The van der Waals surface area contributed by atoms with Crippen molar-refractivity contribution < 1.29 is 14.7 Å². The molecule has 1 aromatic heterocycles. The van der Waals surface area contributed by atoms with Crippen LogP contribution >= 0.6 is 23.2 Å². The Hall–Kier alpha value is -2.05. The Bertz CT molecular complexity index is 835. The third-order valence-electron chi connectivity index (χ3n) is 4.41. The van der Waals surface area contributed by atoms with Gasteiger partial charge in [-0.15, -0.1) is 0 Å². The highest BCUT2D eigenvalue weighted by Crippen LogP contribution is 2.27. The Morgan fingerprint density at radius 3 is 2.72 bits per heavy atom. The zero-order valence-electron chi connectivity index (χ0n) is 13.5. The average Bonchev–Trinajstić information content (AvgIpc) is 3.14. The number of carbonyl (C=O) groups is 2. The lowest BCUT2D eigenvalue weighted by molar-refractivity contribution is -0.142. The Balaban J connectivity index is 1.82. The molecule has 0 bridgehead atoms. The molecule has 2 aromatic rings. The van der Waals surface area contributed by atoms with Crippen LogP contribution in [0.25, 0.3) is 5.69 Å². The van der Waals surface area contributed by atoms with Gasteiger partial charge in [0.15, 0.2) is 5.69 Å². The Morgan fingerprint density at radius 1 is 1.28 bits per heavy atom. The number of halogens is 2. The maximum atomic E-state index is 12.5. The molecule has 0 aliphatic heterocycles. The third-order valence-corrected chi connectivity index (χ3v) is 4.95. The van der Waals surface area contributed by atoms with Gasteiger partial charge < -0.3 is 10.4 Å². The number of nitrogens with one attached hydrogen (secondary N) is 1. The van der Waals surface area contributed by atoms with Gasteiger partial charge in [-0.2, -0.15) is 5.10 Å². The zero-order chi connectivity index (χ0) is 18.1. The Morgan fingerprint density at radius 2 is 2.04 bits per heavy atom. The van der Waals surface area contributed by atoms with Crippen molar-refractivity contribution in [3.63, 3.8) is 0 Å².